The highest BCUT2D eigenvalue weighted by molar-refractivity contribution is 7.89. The van der Waals surface area contributed by atoms with Crippen LogP contribution in [-0.4, -0.2) is 29.9 Å². The van der Waals surface area contributed by atoms with Gasteiger partial charge in [-0.1, -0.05) is 55.7 Å². The standard InChI is InChI=1S/C19H26N2O4S2/c22-26(23,18-12-6-4-7-13-18)20-16-10-2-1-3-11-17-21-27(24,25)19-14-8-5-9-15-19/h4-9,12-15,20-21H,1-3,10-11,16-17H2. The van der Waals surface area contributed by atoms with E-state index in [9.17, 15) is 16.8 Å². The summed E-state index contributed by atoms with van der Waals surface area (Å²) >= 11 is 0. The van der Waals surface area contributed by atoms with Crippen molar-refractivity contribution < 1.29 is 16.8 Å². The van der Waals surface area contributed by atoms with E-state index in [1.165, 1.54) is 0 Å². The highest BCUT2D eigenvalue weighted by Crippen LogP contribution is 2.09. The first-order valence-electron chi connectivity index (χ1n) is 9.01. The fraction of sp³-hybridized carbons (Fsp3) is 0.368. The van der Waals surface area contributed by atoms with Gasteiger partial charge in [0.2, 0.25) is 20.0 Å². The van der Waals surface area contributed by atoms with Crippen LogP contribution in [0, 0.1) is 0 Å². The van der Waals surface area contributed by atoms with Gasteiger partial charge in [-0.2, -0.15) is 0 Å². The maximum absolute atomic E-state index is 12.0. The van der Waals surface area contributed by atoms with E-state index in [-0.39, 0.29) is 9.79 Å². The van der Waals surface area contributed by atoms with Gasteiger partial charge in [-0.05, 0) is 37.1 Å². The van der Waals surface area contributed by atoms with Crippen molar-refractivity contribution in [3.8, 4) is 0 Å². The fourth-order valence-corrected chi connectivity index (χ4v) is 4.75. The molecule has 0 fully saturated rings. The molecule has 148 valence electrons. The molecule has 2 aromatic rings. The third-order valence-electron chi connectivity index (χ3n) is 4.04. The molecule has 0 bridgehead atoms. The van der Waals surface area contributed by atoms with Crippen LogP contribution in [0.5, 0.6) is 0 Å². The molecular formula is C19H26N2O4S2. The Kier molecular flexibility index (Phi) is 8.43. The Hall–Kier alpha value is -1.74. The predicted molar refractivity (Wildman–Crippen MR) is 106 cm³/mol. The van der Waals surface area contributed by atoms with Crippen molar-refractivity contribution >= 4 is 20.0 Å². The highest BCUT2D eigenvalue weighted by Gasteiger charge is 2.12. The highest BCUT2D eigenvalue weighted by atomic mass is 32.2. The first kappa shape index (κ1) is 21.6. The summed E-state index contributed by atoms with van der Waals surface area (Å²) in [6, 6.07) is 16.6. The van der Waals surface area contributed by atoms with Gasteiger partial charge in [0.1, 0.15) is 0 Å². The van der Waals surface area contributed by atoms with Gasteiger partial charge < -0.3 is 0 Å². The first-order chi connectivity index (χ1) is 12.9. The molecule has 0 saturated heterocycles. The van der Waals surface area contributed by atoms with Gasteiger partial charge in [-0.25, -0.2) is 26.3 Å². The largest absolute Gasteiger partial charge is 0.240 e. The smallest absolute Gasteiger partial charge is 0.211 e. The van der Waals surface area contributed by atoms with E-state index < -0.39 is 20.0 Å². The van der Waals surface area contributed by atoms with Crippen LogP contribution in [0.25, 0.3) is 0 Å². The summed E-state index contributed by atoms with van der Waals surface area (Å²) in [5, 5.41) is 0. The van der Waals surface area contributed by atoms with Crippen molar-refractivity contribution in [2.75, 3.05) is 13.1 Å². The average Bonchev–Trinajstić information content (AvgIpc) is 2.68. The summed E-state index contributed by atoms with van der Waals surface area (Å²) in [5.41, 5.74) is 0. The molecule has 0 amide bonds. The summed E-state index contributed by atoms with van der Waals surface area (Å²) in [5.74, 6) is 0. The van der Waals surface area contributed by atoms with Crippen molar-refractivity contribution in [2.45, 2.75) is 41.9 Å². The quantitative estimate of drug-likeness (QED) is 0.526. The average molecular weight is 411 g/mol. The van der Waals surface area contributed by atoms with Crippen LogP contribution < -0.4 is 9.44 Å². The molecule has 2 aromatic carbocycles. The summed E-state index contributed by atoms with van der Waals surface area (Å²) in [6.45, 7) is 0.801. The van der Waals surface area contributed by atoms with Crippen molar-refractivity contribution in [3.05, 3.63) is 60.7 Å². The molecule has 0 radical (unpaired) electrons. The van der Waals surface area contributed by atoms with Crippen LogP contribution in [0.3, 0.4) is 0 Å². The van der Waals surface area contributed by atoms with E-state index in [0.717, 1.165) is 32.1 Å². The zero-order chi connectivity index (χ0) is 19.6. The summed E-state index contributed by atoms with van der Waals surface area (Å²) in [4.78, 5) is 0.548. The number of sulfonamides is 2. The molecule has 0 unspecified atom stereocenters. The molecule has 0 aromatic heterocycles. The van der Waals surface area contributed by atoms with Gasteiger partial charge >= 0.3 is 0 Å². The van der Waals surface area contributed by atoms with Gasteiger partial charge in [-0.3, -0.25) is 0 Å². The third-order valence-corrected chi connectivity index (χ3v) is 7.00. The second-order valence-electron chi connectivity index (χ2n) is 6.19. The normalized spacial score (nSPS) is 12.1. The molecule has 0 aliphatic carbocycles. The van der Waals surface area contributed by atoms with Crippen molar-refractivity contribution in [1.82, 2.24) is 9.44 Å². The number of rotatable bonds is 12. The van der Waals surface area contributed by atoms with Gasteiger partial charge in [0.05, 0.1) is 9.79 Å². The fourth-order valence-electron chi connectivity index (χ4n) is 2.56. The minimum absolute atomic E-state index is 0.274. The Morgan fingerprint density at radius 2 is 0.852 bits per heavy atom. The first-order valence-corrected chi connectivity index (χ1v) is 12.0. The molecule has 6 nitrogen and oxygen atoms in total. The van der Waals surface area contributed by atoms with Crippen molar-refractivity contribution in [3.63, 3.8) is 0 Å². The molecule has 0 spiro atoms. The molecule has 2 N–H and O–H groups in total. The number of hydrogen-bond acceptors (Lipinski definition) is 4. The Labute approximate surface area is 162 Å². The SMILES string of the molecule is O=S(=O)(NCCCCCCCNS(=O)(=O)c1ccccc1)c1ccccc1. The lowest BCUT2D eigenvalue weighted by atomic mass is 10.1. The van der Waals surface area contributed by atoms with Crippen molar-refractivity contribution in [1.29, 1.82) is 0 Å². The minimum atomic E-state index is -3.43. The predicted octanol–water partition coefficient (Wildman–Crippen LogP) is 2.89. The van der Waals surface area contributed by atoms with Crippen molar-refractivity contribution in [2.24, 2.45) is 0 Å². The molecular weight excluding hydrogens is 384 g/mol. The molecule has 0 atom stereocenters. The van der Waals surface area contributed by atoms with Crippen LogP contribution >= 0.6 is 0 Å². The summed E-state index contributed by atoms with van der Waals surface area (Å²) < 4.78 is 53.4. The lowest BCUT2D eigenvalue weighted by Crippen LogP contribution is -2.25. The monoisotopic (exact) mass is 410 g/mol. The molecule has 2 rings (SSSR count). The van der Waals surface area contributed by atoms with E-state index in [1.54, 1.807) is 60.7 Å². The van der Waals surface area contributed by atoms with E-state index in [0.29, 0.717) is 13.1 Å². The maximum Gasteiger partial charge on any atom is 0.240 e. The van der Waals surface area contributed by atoms with Crippen LogP contribution in [-0.2, 0) is 20.0 Å². The zero-order valence-corrected chi connectivity index (χ0v) is 16.8. The summed E-state index contributed by atoms with van der Waals surface area (Å²) in [6.07, 6.45) is 4.22. The van der Waals surface area contributed by atoms with Crippen LogP contribution in [0.15, 0.2) is 70.5 Å². The Bertz CT molecular complexity index is 808. The number of nitrogens with one attached hydrogen (secondary N) is 2. The molecule has 8 heteroatoms. The zero-order valence-electron chi connectivity index (χ0n) is 15.2. The number of unbranched alkanes of at least 4 members (excludes halogenated alkanes) is 4. The minimum Gasteiger partial charge on any atom is -0.211 e. The Morgan fingerprint density at radius 1 is 0.519 bits per heavy atom. The lowest BCUT2D eigenvalue weighted by molar-refractivity contribution is 0.562. The molecule has 0 saturated carbocycles. The molecule has 0 aliphatic heterocycles. The van der Waals surface area contributed by atoms with Gasteiger partial charge in [0.25, 0.3) is 0 Å². The second-order valence-corrected chi connectivity index (χ2v) is 9.72. The van der Waals surface area contributed by atoms with Crippen LogP contribution in [0.4, 0.5) is 0 Å². The van der Waals surface area contributed by atoms with E-state index in [2.05, 4.69) is 9.44 Å². The third kappa shape index (κ3) is 7.42. The van der Waals surface area contributed by atoms with Gasteiger partial charge in [0, 0.05) is 13.1 Å². The summed E-state index contributed by atoms with van der Waals surface area (Å²) in [7, 11) is -6.86. The van der Waals surface area contributed by atoms with Crippen LogP contribution in [0.2, 0.25) is 0 Å². The van der Waals surface area contributed by atoms with Gasteiger partial charge in [0.15, 0.2) is 0 Å². The topological polar surface area (TPSA) is 92.3 Å². The van der Waals surface area contributed by atoms with E-state index in [1.807, 2.05) is 0 Å². The maximum atomic E-state index is 12.0. The Morgan fingerprint density at radius 3 is 1.22 bits per heavy atom. The Balaban J connectivity index is 1.55. The second kappa shape index (κ2) is 10.6. The van der Waals surface area contributed by atoms with Gasteiger partial charge in [-0.15, -0.1) is 0 Å². The van der Waals surface area contributed by atoms with Crippen LogP contribution in [0.1, 0.15) is 32.1 Å². The lowest BCUT2D eigenvalue weighted by Gasteiger charge is -2.07. The number of benzene rings is 2. The molecule has 0 heterocycles. The molecule has 0 aliphatic rings. The van der Waals surface area contributed by atoms with E-state index >= 15 is 0 Å². The molecule has 27 heavy (non-hydrogen) atoms. The number of hydrogen-bond donors (Lipinski definition) is 2. The van der Waals surface area contributed by atoms with E-state index in [4.69, 9.17) is 0 Å².